The van der Waals surface area contributed by atoms with Gasteiger partial charge in [0.25, 0.3) is 5.91 Å². The topological polar surface area (TPSA) is 96.0 Å². The lowest BCUT2D eigenvalue weighted by atomic mass is 10.1. The second-order valence-electron chi connectivity index (χ2n) is 7.75. The second-order valence-corrected chi connectivity index (χ2v) is 7.75. The van der Waals surface area contributed by atoms with Gasteiger partial charge in [-0.1, -0.05) is 66.7 Å². The van der Waals surface area contributed by atoms with Crippen molar-refractivity contribution in [2.75, 3.05) is 19.0 Å². The Balaban J connectivity index is 1.54. The van der Waals surface area contributed by atoms with Crippen LogP contribution in [0.3, 0.4) is 0 Å². The molecule has 0 bridgehead atoms. The van der Waals surface area contributed by atoms with Crippen molar-refractivity contribution in [1.82, 2.24) is 9.80 Å². The first-order valence-electron chi connectivity index (χ1n) is 10.7. The molecule has 0 aliphatic carbocycles. The fraction of sp³-hybridized carbons (Fsp3) is 0.154. The Bertz CT molecular complexity index is 1210. The maximum atomic E-state index is 13.3. The maximum Gasteiger partial charge on any atom is 0.337 e. The van der Waals surface area contributed by atoms with E-state index in [1.807, 2.05) is 36.4 Å². The SMILES string of the molecule is COC(=O)c1cccc(NC(=O)CN2C(=O)C(c3ccccc3)N(Cc3ccccc3)C2=O)c1. The quantitative estimate of drug-likeness (QED) is 0.432. The Morgan fingerprint density at radius 3 is 2.26 bits per heavy atom. The van der Waals surface area contributed by atoms with Crippen LogP contribution in [-0.2, 0) is 20.9 Å². The maximum absolute atomic E-state index is 13.3. The van der Waals surface area contributed by atoms with Crippen molar-refractivity contribution in [3.63, 3.8) is 0 Å². The van der Waals surface area contributed by atoms with E-state index in [2.05, 4.69) is 5.32 Å². The summed E-state index contributed by atoms with van der Waals surface area (Å²) in [6.45, 7) is -0.223. The average molecular weight is 457 g/mol. The van der Waals surface area contributed by atoms with E-state index in [1.165, 1.54) is 18.1 Å². The van der Waals surface area contributed by atoms with Crippen molar-refractivity contribution >= 4 is 29.5 Å². The minimum atomic E-state index is -0.829. The van der Waals surface area contributed by atoms with Crippen molar-refractivity contribution in [2.45, 2.75) is 12.6 Å². The van der Waals surface area contributed by atoms with Crippen LogP contribution in [0, 0.1) is 0 Å². The normalized spacial score (nSPS) is 15.4. The third-order valence-electron chi connectivity index (χ3n) is 5.47. The monoisotopic (exact) mass is 457 g/mol. The van der Waals surface area contributed by atoms with Gasteiger partial charge in [0.05, 0.1) is 12.7 Å². The first kappa shape index (κ1) is 22.7. The van der Waals surface area contributed by atoms with Crippen LogP contribution in [0.25, 0.3) is 0 Å². The van der Waals surface area contributed by atoms with Crippen molar-refractivity contribution < 1.29 is 23.9 Å². The highest BCUT2D eigenvalue weighted by Gasteiger charge is 2.46. The Kier molecular flexibility index (Phi) is 6.68. The highest BCUT2D eigenvalue weighted by Crippen LogP contribution is 2.32. The van der Waals surface area contributed by atoms with E-state index in [-0.39, 0.29) is 12.1 Å². The lowest BCUT2D eigenvalue weighted by Gasteiger charge is -2.22. The number of methoxy groups -OCH3 is 1. The molecule has 0 radical (unpaired) electrons. The zero-order valence-corrected chi connectivity index (χ0v) is 18.5. The summed E-state index contributed by atoms with van der Waals surface area (Å²) in [5.74, 6) is -1.56. The van der Waals surface area contributed by atoms with Crippen LogP contribution in [0.5, 0.6) is 0 Å². The standard InChI is InChI=1S/C26H23N3O5/c1-34-25(32)20-13-8-14-21(15-20)27-22(30)17-29-24(31)23(19-11-6-3-7-12-19)28(26(29)33)16-18-9-4-2-5-10-18/h2-15,23H,16-17H2,1H3,(H,27,30). The van der Waals surface area contributed by atoms with Crippen LogP contribution < -0.4 is 5.32 Å². The zero-order chi connectivity index (χ0) is 24.1. The van der Waals surface area contributed by atoms with Crippen LogP contribution in [-0.4, -0.2) is 47.3 Å². The third-order valence-corrected chi connectivity index (χ3v) is 5.47. The number of hydrogen-bond acceptors (Lipinski definition) is 5. The number of esters is 1. The fourth-order valence-corrected chi connectivity index (χ4v) is 3.87. The van der Waals surface area contributed by atoms with E-state index in [9.17, 15) is 19.2 Å². The van der Waals surface area contributed by atoms with Crippen LogP contribution in [0.15, 0.2) is 84.9 Å². The molecule has 4 rings (SSSR count). The van der Waals surface area contributed by atoms with E-state index in [0.717, 1.165) is 10.5 Å². The first-order valence-corrected chi connectivity index (χ1v) is 10.7. The number of benzene rings is 3. The minimum Gasteiger partial charge on any atom is -0.465 e. The van der Waals surface area contributed by atoms with Gasteiger partial charge in [-0.2, -0.15) is 0 Å². The Labute approximate surface area is 196 Å². The molecule has 1 aliphatic heterocycles. The number of rotatable bonds is 7. The summed E-state index contributed by atoms with van der Waals surface area (Å²) in [6, 6.07) is 23.2. The second kappa shape index (κ2) is 9.99. The molecule has 0 saturated carbocycles. The molecule has 1 fully saturated rings. The predicted octanol–water partition coefficient (Wildman–Crippen LogP) is 3.62. The summed E-state index contributed by atoms with van der Waals surface area (Å²) < 4.78 is 4.69. The molecule has 8 nitrogen and oxygen atoms in total. The lowest BCUT2D eigenvalue weighted by Crippen LogP contribution is -2.38. The molecule has 0 aromatic heterocycles. The smallest absolute Gasteiger partial charge is 0.337 e. The van der Waals surface area contributed by atoms with Crippen LogP contribution >= 0.6 is 0 Å². The van der Waals surface area contributed by atoms with Gasteiger partial charge in [-0.3, -0.25) is 14.5 Å². The van der Waals surface area contributed by atoms with Crippen LogP contribution in [0.2, 0.25) is 0 Å². The first-order chi connectivity index (χ1) is 16.5. The molecule has 8 heteroatoms. The average Bonchev–Trinajstić information content (AvgIpc) is 3.09. The Morgan fingerprint density at radius 2 is 1.59 bits per heavy atom. The molecular weight excluding hydrogens is 434 g/mol. The molecule has 1 unspecified atom stereocenters. The molecular formula is C26H23N3O5. The Morgan fingerprint density at radius 1 is 0.912 bits per heavy atom. The van der Waals surface area contributed by atoms with Crippen LogP contribution in [0.1, 0.15) is 27.5 Å². The summed E-state index contributed by atoms with van der Waals surface area (Å²) in [5, 5.41) is 2.64. The number of nitrogens with one attached hydrogen (secondary N) is 1. The molecule has 1 heterocycles. The molecule has 3 aromatic rings. The highest BCUT2D eigenvalue weighted by molar-refractivity contribution is 6.08. The van der Waals surface area contributed by atoms with Crippen molar-refractivity contribution in [3.05, 3.63) is 102 Å². The third kappa shape index (κ3) is 4.80. The molecule has 0 spiro atoms. The van der Waals surface area contributed by atoms with E-state index in [1.54, 1.807) is 42.5 Å². The largest absolute Gasteiger partial charge is 0.465 e. The van der Waals surface area contributed by atoms with E-state index >= 15 is 0 Å². The summed E-state index contributed by atoms with van der Waals surface area (Å²) in [6.07, 6.45) is 0. The number of amides is 4. The van der Waals surface area contributed by atoms with Gasteiger partial charge in [-0.25, -0.2) is 9.59 Å². The van der Waals surface area contributed by atoms with E-state index in [0.29, 0.717) is 11.3 Å². The molecule has 3 aromatic carbocycles. The molecule has 1 aliphatic rings. The molecule has 4 amide bonds. The lowest BCUT2D eigenvalue weighted by molar-refractivity contribution is -0.131. The number of ether oxygens (including phenoxy) is 1. The van der Waals surface area contributed by atoms with Crippen molar-refractivity contribution in [2.24, 2.45) is 0 Å². The van der Waals surface area contributed by atoms with Gasteiger partial charge in [0.1, 0.15) is 12.6 Å². The van der Waals surface area contributed by atoms with Gasteiger partial charge in [0.15, 0.2) is 0 Å². The fourth-order valence-electron chi connectivity index (χ4n) is 3.87. The Hall–Kier alpha value is -4.46. The van der Waals surface area contributed by atoms with Gasteiger partial charge in [0, 0.05) is 12.2 Å². The molecule has 1 atom stereocenters. The summed E-state index contributed by atoms with van der Waals surface area (Å²) in [5.41, 5.74) is 2.17. The van der Waals surface area contributed by atoms with Gasteiger partial charge < -0.3 is 15.0 Å². The van der Waals surface area contributed by atoms with E-state index in [4.69, 9.17) is 4.74 Å². The molecule has 1 N–H and O–H groups in total. The number of carbonyl (C=O) groups excluding carboxylic acids is 4. The number of hydrogen-bond donors (Lipinski definition) is 1. The zero-order valence-electron chi connectivity index (χ0n) is 18.5. The van der Waals surface area contributed by atoms with Crippen molar-refractivity contribution in [1.29, 1.82) is 0 Å². The number of carbonyl (C=O) groups is 4. The summed E-state index contributed by atoms with van der Waals surface area (Å²) in [7, 11) is 1.27. The van der Waals surface area contributed by atoms with Crippen LogP contribution in [0.4, 0.5) is 10.5 Å². The molecule has 34 heavy (non-hydrogen) atoms. The van der Waals surface area contributed by atoms with Gasteiger partial charge in [-0.05, 0) is 29.3 Å². The van der Waals surface area contributed by atoms with Gasteiger partial charge >= 0.3 is 12.0 Å². The summed E-state index contributed by atoms with van der Waals surface area (Å²) >= 11 is 0. The molecule has 1 saturated heterocycles. The molecule has 172 valence electrons. The van der Waals surface area contributed by atoms with Crippen molar-refractivity contribution in [3.8, 4) is 0 Å². The van der Waals surface area contributed by atoms with E-state index < -0.39 is 36.4 Å². The number of imide groups is 1. The number of urea groups is 1. The predicted molar refractivity (Wildman–Crippen MR) is 125 cm³/mol. The van der Waals surface area contributed by atoms with Gasteiger partial charge in [-0.15, -0.1) is 0 Å². The number of nitrogens with zero attached hydrogens (tertiary/aromatic N) is 2. The summed E-state index contributed by atoms with van der Waals surface area (Å²) in [4.78, 5) is 53.5. The minimum absolute atomic E-state index is 0.226. The highest BCUT2D eigenvalue weighted by atomic mass is 16.5. The van der Waals surface area contributed by atoms with Gasteiger partial charge in [0.2, 0.25) is 5.91 Å². The number of anilines is 1.